The highest BCUT2D eigenvalue weighted by atomic mass is 16.5. The molecule has 20 nitrogen and oxygen atoms in total. The maximum absolute atomic E-state index is 13.5. The topological polar surface area (TPSA) is 268 Å². The molecule has 378 valence electrons. The first kappa shape index (κ1) is 53.8. The second-order valence-electron chi connectivity index (χ2n) is 17.6. The van der Waals surface area contributed by atoms with Gasteiger partial charge in [0.05, 0.1) is 82.6 Å². The van der Waals surface area contributed by atoms with E-state index in [0.717, 1.165) is 0 Å². The molecule has 0 spiro atoms. The molecule has 4 atom stereocenters. The summed E-state index contributed by atoms with van der Waals surface area (Å²) in [5.74, 6) is -5.85. The number of aryl methyl sites for hydroxylation is 2. The van der Waals surface area contributed by atoms with Gasteiger partial charge in [0.2, 0.25) is 0 Å². The smallest absolute Gasteiger partial charge is 0.310 e. The molecule has 0 radical (unpaired) electrons. The number of esters is 8. The van der Waals surface area contributed by atoms with Crippen molar-refractivity contribution in [3.05, 3.63) is 69.3 Å². The van der Waals surface area contributed by atoms with Crippen LogP contribution in [-0.2, 0) is 113 Å². The maximum Gasteiger partial charge on any atom is 0.310 e. The van der Waals surface area contributed by atoms with Gasteiger partial charge in [-0.2, -0.15) is 0 Å². The van der Waals surface area contributed by atoms with Gasteiger partial charge in [-0.15, -0.1) is 0 Å². The molecule has 8 bridgehead atoms. The van der Waals surface area contributed by atoms with Crippen LogP contribution in [0.15, 0.2) is 24.3 Å². The van der Waals surface area contributed by atoms with E-state index in [1.807, 2.05) is 13.8 Å². The van der Waals surface area contributed by atoms with Crippen LogP contribution in [0.3, 0.4) is 0 Å². The minimum atomic E-state index is -1.21. The number of hydrogen-bond acceptors (Lipinski definition) is 18. The number of rotatable bonds is 20. The summed E-state index contributed by atoms with van der Waals surface area (Å²) in [4.78, 5) is 122. The normalized spacial score (nSPS) is 18.3. The van der Waals surface area contributed by atoms with Crippen molar-refractivity contribution in [2.45, 2.75) is 114 Å². The third-order valence-corrected chi connectivity index (χ3v) is 13.6. The highest BCUT2D eigenvalue weighted by molar-refractivity contribution is 5.87. The Balaban J connectivity index is 2.12. The molecular weight excluding hydrogens is 928 g/mol. The molecule has 3 aromatic rings. The highest BCUT2D eigenvalue weighted by Crippen LogP contribution is 2.51. The molecular formula is C50H62N4O16. The van der Waals surface area contributed by atoms with Crippen LogP contribution < -0.4 is 0 Å². The molecule has 5 heterocycles. The third kappa shape index (κ3) is 12.0. The van der Waals surface area contributed by atoms with E-state index in [-0.39, 0.29) is 77.0 Å². The van der Waals surface area contributed by atoms with Gasteiger partial charge in [-0.05, 0) is 72.2 Å². The van der Waals surface area contributed by atoms with E-state index in [1.54, 1.807) is 24.3 Å². The Morgan fingerprint density at radius 3 is 1.31 bits per heavy atom. The molecule has 0 aromatic carbocycles. The van der Waals surface area contributed by atoms with Gasteiger partial charge in [0.15, 0.2) is 0 Å². The predicted octanol–water partition coefficient (Wildman–Crippen LogP) is 5.07. The second-order valence-corrected chi connectivity index (χ2v) is 17.6. The number of hydrogen-bond donors (Lipinski definition) is 2. The molecule has 0 saturated carbocycles. The highest BCUT2D eigenvalue weighted by Gasteiger charge is 2.48. The summed E-state index contributed by atoms with van der Waals surface area (Å²) in [7, 11) is 10.1. The summed E-state index contributed by atoms with van der Waals surface area (Å²) < 4.78 is 40.9. The molecule has 3 aromatic heterocycles. The Hall–Kier alpha value is -7.12. The maximum atomic E-state index is 13.5. The summed E-state index contributed by atoms with van der Waals surface area (Å²) in [5, 5.41) is 0. The Bertz CT molecular complexity index is 2690. The molecule has 2 N–H and O–H groups in total. The van der Waals surface area contributed by atoms with Gasteiger partial charge in [0, 0.05) is 93.2 Å². The predicted molar refractivity (Wildman–Crippen MR) is 249 cm³/mol. The van der Waals surface area contributed by atoms with E-state index in [9.17, 15) is 38.4 Å². The zero-order valence-corrected chi connectivity index (χ0v) is 41.4. The standard InChI is InChI=1S/C50H62N4O16/c1-49(25-47(61)69-9)31(13-17-43(57)65-5)37-22-35-29(19-45(59)67-7)27(11-15-41(55)63-3)33(51-35)21-34-28(12-16-42(56)64-4)30(20-46(60)68-8)36(52-34)23-39-50(2,26-48(62)70-10)32(14-18-44(58)66-6)38(54-39)24-40(49)53-37/h21-24,31-32,51-52H,11-20,25-26H2,1-10H3/t31-,32-,49+,50+/m1/s1/i27+2,28+2,31+2,32+2,35+2,36+2,39+2,40+2. The number of carbonyl (C=O) groups excluding carboxylic acids is 8. The van der Waals surface area contributed by atoms with Crippen molar-refractivity contribution in [2.24, 2.45) is 0 Å². The largest absolute Gasteiger partial charge is 0.469 e. The van der Waals surface area contributed by atoms with Crippen molar-refractivity contribution in [3.63, 3.8) is 0 Å². The Labute approximate surface area is 404 Å². The van der Waals surface area contributed by atoms with Crippen molar-refractivity contribution in [3.8, 4) is 0 Å². The summed E-state index contributed by atoms with van der Waals surface area (Å²) in [6, 6.07) is 6.88. The molecule has 0 aliphatic carbocycles. The van der Waals surface area contributed by atoms with E-state index in [4.69, 9.17) is 47.9 Å². The molecule has 20 heteroatoms. The van der Waals surface area contributed by atoms with Crippen molar-refractivity contribution in [1.29, 1.82) is 0 Å². The van der Waals surface area contributed by atoms with E-state index in [1.165, 1.54) is 56.9 Å². The number of aromatic amines is 2. The van der Waals surface area contributed by atoms with Crippen molar-refractivity contribution >= 4 is 69.8 Å². The number of ether oxygens (including phenoxy) is 8. The molecule has 0 saturated heterocycles. The Morgan fingerprint density at radius 2 is 0.871 bits per heavy atom. The number of fused-ring (bicyclic) bond motifs is 8. The fourth-order valence-corrected chi connectivity index (χ4v) is 9.56. The fourth-order valence-electron chi connectivity index (χ4n) is 9.56. The molecule has 0 fully saturated rings. The van der Waals surface area contributed by atoms with Crippen LogP contribution in [0.1, 0.15) is 122 Å². The van der Waals surface area contributed by atoms with Gasteiger partial charge in [0.1, 0.15) is 0 Å². The number of carbonyl (C=O) groups is 8. The molecule has 2 aliphatic heterocycles. The van der Waals surface area contributed by atoms with Crippen LogP contribution in [0, 0.1) is 0 Å². The van der Waals surface area contributed by atoms with Gasteiger partial charge in [-0.25, -0.2) is 0 Å². The zero-order valence-electron chi connectivity index (χ0n) is 41.4. The van der Waals surface area contributed by atoms with Gasteiger partial charge >= 0.3 is 47.8 Å². The lowest BCUT2D eigenvalue weighted by Gasteiger charge is -2.32. The summed E-state index contributed by atoms with van der Waals surface area (Å²) >= 11 is 0. The first-order valence-electron chi connectivity index (χ1n) is 22.7. The number of nitrogens with zero attached hydrogens (tertiary/aromatic N) is 2. The quantitative estimate of drug-likeness (QED) is 0.110. The average Bonchev–Trinajstić information content (AvgIpc) is 4.00. The van der Waals surface area contributed by atoms with Crippen LogP contribution in [0.4, 0.5) is 0 Å². The van der Waals surface area contributed by atoms with Crippen molar-refractivity contribution in [2.75, 3.05) is 56.9 Å². The minimum absolute atomic E-state index is 0.0654. The van der Waals surface area contributed by atoms with Crippen LogP contribution in [-0.4, -0.2) is 125 Å². The van der Waals surface area contributed by atoms with Crippen molar-refractivity contribution < 1.29 is 76.3 Å². The SMILES string of the molecule is COC(=O)CC[14c]1c(CC(=O)OC)[14c]2cc3n[14c](cc4n[14c](c[14c]5[nH]c(cc1[nH]2)[14c](CCC(=O)OC)c5CC(=O)OC)[C@@](C)(CC(=O)OC)[14C@@H]4CCC(=O)OC)[C@@](C)(CC(=O)OC)[14C@@H]3CCC(=O)OC. The zero-order chi connectivity index (χ0) is 51.5. The van der Waals surface area contributed by atoms with Crippen LogP contribution in [0.5, 0.6) is 0 Å². The van der Waals surface area contributed by atoms with E-state index in [0.29, 0.717) is 67.1 Å². The number of aromatic nitrogens is 4. The van der Waals surface area contributed by atoms with Gasteiger partial charge in [0.25, 0.3) is 0 Å². The van der Waals surface area contributed by atoms with Crippen LogP contribution >= 0.6 is 0 Å². The summed E-state index contributed by atoms with van der Waals surface area (Å²) in [6.45, 7) is 3.63. The third-order valence-electron chi connectivity index (χ3n) is 13.6. The lowest BCUT2D eigenvalue weighted by atomic mass is 10.1. The first-order valence-corrected chi connectivity index (χ1v) is 22.7. The molecule has 5 rings (SSSR count). The van der Waals surface area contributed by atoms with Gasteiger partial charge in [-0.3, -0.25) is 48.3 Å². The monoisotopic (exact) mass is 990 g/mol. The lowest BCUT2D eigenvalue weighted by Crippen LogP contribution is -2.32. The molecule has 70 heavy (non-hydrogen) atoms. The number of nitrogens with one attached hydrogen (secondary N) is 2. The first-order chi connectivity index (χ1) is 33.3. The Kier molecular flexibility index (Phi) is 18.0. The van der Waals surface area contributed by atoms with Crippen molar-refractivity contribution in [1.82, 2.24) is 19.9 Å². The number of methoxy groups -OCH3 is 8. The fraction of sp³-hybridized carbons (Fsp3) is 0.520. The number of H-pyrrole nitrogens is 2. The average molecular weight is 991 g/mol. The van der Waals surface area contributed by atoms with Crippen LogP contribution in [0.2, 0.25) is 0 Å². The minimum Gasteiger partial charge on any atom is -0.469 e. The molecule has 2 aliphatic rings. The van der Waals surface area contributed by atoms with E-state index < -0.39 is 70.4 Å². The van der Waals surface area contributed by atoms with E-state index >= 15 is 0 Å². The van der Waals surface area contributed by atoms with Gasteiger partial charge in [-0.1, -0.05) is 13.8 Å². The molecule has 0 unspecified atom stereocenters. The summed E-state index contributed by atoms with van der Waals surface area (Å²) in [6.07, 6.45) is -0.961. The van der Waals surface area contributed by atoms with Gasteiger partial charge < -0.3 is 47.9 Å². The molecule has 0 amide bonds. The summed E-state index contributed by atoms with van der Waals surface area (Å²) in [5.41, 5.74) is 2.57. The van der Waals surface area contributed by atoms with E-state index in [2.05, 4.69) is 9.97 Å². The second kappa shape index (κ2) is 23.5. The lowest BCUT2D eigenvalue weighted by molar-refractivity contribution is -0.143. The van der Waals surface area contributed by atoms with Crippen LogP contribution in [0.25, 0.3) is 22.1 Å². The Morgan fingerprint density at radius 1 is 0.500 bits per heavy atom.